The summed E-state index contributed by atoms with van der Waals surface area (Å²) in [5.74, 6) is 2.51. The van der Waals surface area contributed by atoms with E-state index in [-0.39, 0.29) is 18.4 Å². The van der Waals surface area contributed by atoms with Gasteiger partial charge in [-0.3, -0.25) is 4.79 Å². The number of fused-ring (bicyclic) bond motifs is 1. The van der Waals surface area contributed by atoms with Gasteiger partial charge in [-0.1, -0.05) is 5.16 Å². The van der Waals surface area contributed by atoms with E-state index in [1.54, 1.807) is 12.1 Å². The Kier molecular flexibility index (Phi) is 5.01. The molecule has 1 N–H and O–H groups in total. The average molecular weight is 383 g/mol. The van der Waals surface area contributed by atoms with Crippen molar-refractivity contribution in [2.75, 3.05) is 11.9 Å². The fourth-order valence-electron chi connectivity index (χ4n) is 3.11. The second kappa shape index (κ2) is 7.75. The maximum Gasteiger partial charge on any atom is 0.238 e. The van der Waals surface area contributed by atoms with E-state index in [9.17, 15) is 4.79 Å². The second-order valence-electron chi connectivity index (χ2n) is 6.56. The van der Waals surface area contributed by atoms with Gasteiger partial charge in [0.2, 0.25) is 17.6 Å². The van der Waals surface area contributed by atoms with Crippen LogP contribution in [0.25, 0.3) is 11.6 Å². The molecule has 1 unspecified atom stereocenters. The molecule has 2 aromatic heterocycles. The van der Waals surface area contributed by atoms with Crippen LogP contribution < -0.4 is 14.8 Å². The van der Waals surface area contributed by atoms with Gasteiger partial charge in [-0.2, -0.15) is 4.98 Å². The van der Waals surface area contributed by atoms with Crippen LogP contribution in [0, 0.1) is 0 Å². The number of nitrogens with one attached hydrogen (secondary N) is 1. The standard InChI is InChI=1S/C20H21N3O5/c1-3-25-17-10-13-9-12(2)27-16(13)11-14(17)21-18(24)6-7-19-22-20(23-28-19)15-5-4-8-26-15/h4-5,8,10-12H,3,6-7,9H2,1-2H3,(H,21,24). The van der Waals surface area contributed by atoms with Crippen LogP contribution in [-0.4, -0.2) is 28.8 Å². The molecule has 0 saturated heterocycles. The molecule has 8 nitrogen and oxygen atoms in total. The van der Waals surface area contributed by atoms with Gasteiger partial charge < -0.3 is 23.7 Å². The van der Waals surface area contributed by atoms with E-state index in [0.717, 1.165) is 17.7 Å². The Morgan fingerprint density at radius 2 is 2.29 bits per heavy atom. The molecule has 0 saturated carbocycles. The molecule has 1 aliphatic rings. The maximum absolute atomic E-state index is 12.4. The van der Waals surface area contributed by atoms with Gasteiger partial charge in [0, 0.05) is 30.9 Å². The molecule has 0 aliphatic carbocycles. The first kappa shape index (κ1) is 18.1. The highest BCUT2D eigenvalue weighted by molar-refractivity contribution is 5.92. The molecular formula is C20H21N3O5. The van der Waals surface area contributed by atoms with E-state index in [2.05, 4.69) is 15.5 Å². The van der Waals surface area contributed by atoms with Crippen LogP contribution in [0.5, 0.6) is 11.5 Å². The van der Waals surface area contributed by atoms with Crippen LogP contribution in [0.15, 0.2) is 39.5 Å². The van der Waals surface area contributed by atoms with Crippen molar-refractivity contribution in [3.05, 3.63) is 42.0 Å². The molecule has 8 heteroatoms. The Labute approximate surface area is 161 Å². The molecule has 1 amide bonds. The van der Waals surface area contributed by atoms with Crippen molar-refractivity contribution in [1.82, 2.24) is 10.1 Å². The number of benzene rings is 1. The van der Waals surface area contributed by atoms with Gasteiger partial charge in [-0.05, 0) is 32.0 Å². The lowest BCUT2D eigenvalue weighted by Gasteiger charge is -2.13. The van der Waals surface area contributed by atoms with Gasteiger partial charge in [0.25, 0.3) is 0 Å². The molecule has 0 radical (unpaired) electrons. The summed E-state index contributed by atoms with van der Waals surface area (Å²) >= 11 is 0. The van der Waals surface area contributed by atoms with Gasteiger partial charge in [0.1, 0.15) is 17.6 Å². The Balaban J connectivity index is 1.40. The number of carbonyl (C=O) groups is 1. The third kappa shape index (κ3) is 3.85. The summed E-state index contributed by atoms with van der Waals surface area (Å²) in [7, 11) is 0. The minimum atomic E-state index is -0.176. The predicted molar refractivity (Wildman–Crippen MR) is 100 cm³/mol. The van der Waals surface area contributed by atoms with Gasteiger partial charge in [-0.25, -0.2) is 0 Å². The van der Waals surface area contributed by atoms with Gasteiger partial charge in [-0.15, -0.1) is 0 Å². The van der Waals surface area contributed by atoms with Crippen molar-refractivity contribution in [1.29, 1.82) is 0 Å². The SMILES string of the molecule is CCOc1cc2c(cc1NC(=O)CCc1nc(-c3ccco3)no1)OC(C)C2. The quantitative estimate of drug-likeness (QED) is 0.665. The number of hydrogen-bond donors (Lipinski definition) is 1. The molecule has 1 aliphatic heterocycles. The van der Waals surface area contributed by atoms with Crippen LogP contribution in [0.4, 0.5) is 5.69 Å². The van der Waals surface area contributed by atoms with E-state index in [1.165, 1.54) is 6.26 Å². The molecule has 1 atom stereocenters. The van der Waals surface area contributed by atoms with Crippen molar-refractivity contribution in [2.24, 2.45) is 0 Å². The lowest BCUT2D eigenvalue weighted by molar-refractivity contribution is -0.116. The van der Waals surface area contributed by atoms with E-state index in [0.29, 0.717) is 41.9 Å². The molecule has 4 rings (SSSR count). The van der Waals surface area contributed by atoms with Crippen LogP contribution in [0.2, 0.25) is 0 Å². The number of anilines is 1. The smallest absolute Gasteiger partial charge is 0.238 e. The minimum Gasteiger partial charge on any atom is -0.492 e. The molecule has 3 aromatic rings. The molecule has 146 valence electrons. The normalized spacial score (nSPS) is 15.1. The zero-order chi connectivity index (χ0) is 19.5. The van der Waals surface area contributed by atoms with E-state index in [1.807, 2.05) is 26.0 Å². The number of aryl methyl sites for hydroxylation is 1. The largest absolute Gasteiger partial charge is 0.492 e. The second-order valence-corrected chi connectivity index (χ2v) is 6.56. The van der Waals surface area contributed by atoms with Crippen molar-refractivity contribution in [3.8, 4) is 23.1 Å². The Bertz CT molecular complexity index is 964. The van der Waals surface area contributed by atoms with Crippen LogP contribution >= 0.6 is 0 Å². The summed E-state index contributed by atoms with van der Waals surface area (Å²) in [6, 6.07) is 7.25. The zero-order valence-corrected chi connectivity index (χ0v) is 15.7. The van der Waals surface area contributed by atoms with Crippen LogP contribution in [0.1, 0.15) is 31.7 Å². The lowest BCUT2D eigenvalue weighted by atomic mass is 10.1. The van der Waals surface area contributed by atoms with E-state index in [4.69, 9.17) is 18.4 Å². The summed E-state index contributed by atoms with van der Waals surface area (Å²) in [6.07, 6.45) is 3.01. The molecular weight excluding hydrogens is 362 g/mol. The summed E-state index contributed by atoms with van der Waals surface area (Å²) in [5, 5.41) is 6.75. The molecule has 0 fully saturated rings. The third-order valence-electron chi connectivity index (χ3n) is 4.35. The van der Waals surface area contributed by atoms with Crippen molar-refractivity contribution >= 4 is 11.6 Å². The lowest BCUT2D eigenvalue weighted by Crippen LogP contribution is -2.13. The first-order valence-corrected chi connectivity index (χ1v) is 9.25. The number of furan rings is 1. The molecule has 28 heavy (non-hydrogen) atoms. The highest BCUT2D eigenvalue weighted by atomic mass is 16.5. The molecule has 3 heterocycles. The zero-order valence-electron chi connectivity index (χ0n) is 15.7. The van der Waals surface area contributed by atoms with E-state index >= 15 is 0 Å². The summed E-state index contributed by atoms with van der Waals surface area (Å²) < 4.78 is 21.9. The number of aromatic nitrogens is 2. The van der Waals surface area contributed by atoms with Crippen LogP contribution in [0.3, 0.4) is 0 Å². The summed E-state index contributed by atoms with van der Waals surface area (Å²) in [4.78, 5) is 16.7. The maximum atomic E-state index is 12.4. The highest BCUT2D eigenvalue weighted by Gasteiger charge is 2.22. The Morgan fingerprint density at radius 3 is 3.07 bits per heavy atom. The molecule has 1 aromatic carbocycles. The van der Waals surface area contributed by atoms with Gasteiger partial charge in [0.05, 0.1) is 18.6 Å². The van der Waals surface area contributed by atoms with Crippen molar-refractivity contribution in [3.63, 3.8) is 0 Å². The highest BCUT2D eigenvalue weighted by Crippen LogP contribution is 2.38. The van der Waals surface area contributed by atoms with Crippen molar-refractivity contribution < 1.29 is 23.2 Å². The van der Waals surface area contributed by atoms with Crippen LogP contribution in [-0.2, 0) is 17.6 Å². The number of nitrogens with zero attached hydrogens (tertiary/aromatic N) is 2. The Morgan fingerprint density at radius 1 is 1.39 bits per heavy atom. The number of ether oxygens (including phenoxy) is 2. The summed E-state index contributed by atoms with van der Waals surface area (Å²) in [5.41, 5.74) is 1.69. The minimum absolute atomic E-state index is 0.122. The number of rotatable bonds is 7. The molecule has 0 bridgehead atoms. The average Bonchev–Trinajstić information content (AvgIpc) is 3.40. The Hall–Kier alpha value is -3.29. The monoisotopic (exact) mass is 383 g/mol. The number of amides is 1. The predicted octanol–water partition coefficient (Wildman–Crippen LogP) is 3.62. The topological polar surface area (TPSA) is 99.6 Å². The number of carbonyl (C=O) groups excluding carboxylic acids is 1. The number of hydrogen-bond acceptors (Lipinski definition) is 7. The van der Waals surface area contributed by atoms with Gasteiger partial charge in [0.15, 0.2) is 5.76 Å². The van der Waals surface area contributed by atoms with Crippen molar-refractivity contribution in [2.45, 2.75) is 39.2 Å². The van der Waals surface area contributed by atoms with Gasteiger partial charge >= 0.3 is 0 Å². The fraction of sp³-hybridized carbons (Fsp3) is 0.350. The van der Waals surface area contributed by atoms with E-state index < -0.39 is 0 Å². The fourth-order valence-corrected chi connectivity index (χ4v) is 3.11. The molecule has 0 spiro atoms. The third-order valence-corrected chi connectivity index (χ3v) is 4.35. The summed E-state index contributed by atoms with van der Waals surface area (Å²) in [6.45, 7) is 4.43. The first-order chi connectivity index (χ1) is 13.6. The first-order valence-electron chi connectivity index (χ1n) is 9.25.